The van der Waals surface area contributed by atoms with Crippen molar-refractivity contribution >= 4 is 17.6 Å². The number of carbonyl (C=O) groups excluding carboxylic acids is 2. The number of nitrogens with one attached hydrogen (secondary N) is 1. The largest absolute Gasteiger partial charge is 0.457 e. The first kappa shape index (κ1) is 20.1. The highest BCUT2D eigenvalue weighted by molar-refractivity contribution is 5.92. The SMILES string of the molecule is O=C(COC(=O)CC12CC3CC(CC(C3)C1)C2)Nc1ccc(Oc2ccccc2)cc1. The highest BCUT2D eigenvalue weighted by atomic mass is 16.5. The van der Waals surface area contributed by atoms with Crippen LogP contribution in [0.3, 0.4) is 0 Å². The minimum Gasteiger partial charge on any atom is -0.457 e. The van der Waals surface area contributed by atoms with Crippen molar-refractivity contribution in [2.45, 2.75) is 44.9 Å². The van der Waals surface area contributed by atoms with E-state index >= 15 is 0 Å². The fourth-order valence-electron chi connectivity index (χ4n) is 6.44. The molecule has 2 aromatic rings. The van der Waals surface area contributed by atoms with Crippen molar-refractivity contribution in [1.82, 2.24) is 0 Å². The Morgan fingerprint density at radius 2 is 1.42 bits per heavy atom. The van der Waals surface area contributed by atoms with Crippen molar-refractivity contribution in [2.75, 3.05) is 11.9 Å². The van der Waals surface area contributed by atoms with Gasteiger partial charge in [-0.1, -0.05) is 18.2 Å². The third kappa shape index (κ3) is 4.76. The quantitative estimate of drug-likeness (QED) is 0.596. The van der Waals surface area contributed by atoms with E-state index in [0.717, 1.165) is 23.5 Å². The Balaban J connectivity index is 1.08. The highest BCUT2D eigenvalue weighted by Gasteiger charge is 2.51. The Bertz CT molecular complexity index is 902. The molecule has 4 bridgehead atoms. The fourth-order valence-corrected chi connectivity index (χ4v) is 6.44. The predicted molar refractivity (Wildman–Crippen MR) is 118 cm³/mol. The van der Waals surface area contributed by atoms with E-state index < -0.39 is 0 Å². The number of rotatable bonds is 7. The molecule has 1 amide bonds. The number of benzene rings is 2. The van der Waals surface area contributed by atoms with Gasteiger partial charge in [0, 0.05) is 5.69 Å². The van der Waals surface area contributed by atoms with Crippen molar-refractivity contribution < 1.29 is 19.1 Å². The lowest BCUT2D eigenvalue weighted by atomic mass is 9.49. The van der Waals surface area contributed by atoms with Crippen LogP contribution in [0.5, 0.6) is 11.5 Å². The number of esters is 1. The van der Waals surface area contributed by atoms with E-state index in [0.29, 0.717) is 17.9 Å². The molecule has 0 unspecified atom stereocenters. The number of para-hydroxylation sites is 1. The van der Waals surface area contributed by atoms with E-state index in [1.165, 1.54) is 38.5 Å². The van der Waals surface area contributed by atoms with Gasteiger partial charge in [0.2, 0.25) is 0 Å². The van der Waals surface area contributed by atoms with Gasteiger partial charge >= 0.3 is 5.97 Å². The van der Waals surface area contributed by atoms with E-state index in [4.69, 9.17) is 9.47 Å². The predicted octanol–water partition coefficient (Wildman–Crippen LogP) is 5.57. The molecule has 1 N–H and O–H groups in total. The normalized spacial score (nSPS) is 28.2. The maximum absolute atomic E-state index is 12.5. The minimum absolute atomic E-state index is 0.136. The summed E-state index contributed by atoms with van der Waals surface area (Å²) in [6.07, 6.45) is 8.02. The van der Waals surface area contributed by atoms with Crippen LogP contribution in [-0.2, 0) is 14.3 Å². The summed E-state index contributed by atoms with van der Waals surface area (Å²) >= 11 is 0. The van der Waals surface area contributed by atoms with E-state index in [1.54, 1.807) is 24.3 Å². The average Bonchev–Trinajstić information content (AvgIpc) is 2.73. The first-order valence-corrected chi connectivity index (χ1v) is 11.3. The van der Waals surface area contributed by atoms with Crippen LogP contribution >= 0.6 is 0 Å². The molecule has 0 spiro atoms. The van der Waals surface area contributed by atoms with Crippen LogP contribution in [0.1, 0.15) is 44.9 Å². The third-order valence-corrected chi connectivity index (χ3v) is 7.17. The lowest BCUT2D eigenvalue weighted by Crippen LogP contribution is -2.47. The number of hydrogen-bond acceptors (Lipinski definition) is 4. The zero-order chi connectivity index (χ0) is 21.3. The second-order valence-electron chi connectivity index (χ2n) is 9.74. The van der Waals surface area contributed by atoms with Crippen LogP contribution in [0, 0.1) is 23.2 Å². The summed E-state index contributed by atoms with van der Waals surface area (Å²) in [4.78, 5) is 24.7. The summed E-state index contributed by atoms with van der Waals surface area (Å²) < 4.78 is 11.1. The number of anilines is 1. The van der Waals surface area contributed by atoms with Crippen molar-refractivity contribution in [3.63, 3.8) is 0 Å². The Morgan fingerprint density at radius 3 is 2.03 bits per heavy atom. The first-order valence-electron chi connectivity index (χ1n) is 11.3. The standard InChI is InChI=1S/C26H29NO4/c28-24(27-21-6-8-23(9-7-21)31-22-4-2-1-3-5-22)17-30-25(29)16-26-13-18-10-19(14-26)12-20(11-18)15-26/h1-9,18-20H,10-17H2,(H,27,28). The summed E-state index contributed by atoms with van der Waals surface area (Å²) in [7, 11) is 0. The van der Waals surface area contributed by atoms with Crippen LogP contribution in [0.4, 0.5) is 5.69 Å². The van der Waals surface area contributed by atoms with E-state index in [1.807, 2.05) is 30.3 Å². The number of amides is 1. The topological polar surface area (TPSA) is 64.6 Å². The lowest BCUT2D eigenvalue weighted by Gasteiger charge is -2.56. The molecule has 0 atom stereocenters. The van der Waals surface area contributed by atoms with Gasteiger partial charge in [-0.2, -0.15) is 0 Å². The molecule has 4 fully saturated rings. The molecule has 162 valence electrons. The summed E-state index contributed by atoms with van der Waals surface area (Å²) in [5, 5.41) is 2.78. The van der Waals surface area contributed by atoms with Crippen molar-refractivity contribution in [3.8, 4) is 11.5 Å². The Labute approximate surface area is 183 Å². The van der Waals surface area contributed by atoms with Gasteiger partial charge in [-0.15, -0.1) is 0 Å². The molecule has 0 aliphatic heterocycles. The van der Waals surface area contributed by atoms with E-state index in [2.05, 4.69) is 5.32 Å². The number of ether oxygens (including phenoxy) is 2. The van der Waals surface area contributed by atoms with Gasteiger partial charge in [-0.25, -0.2) is 0 Å². The molecule has 4 aliphatic carbocycles. The van der Waals surface area contributed by atoms with Gasteiger partial charge < -0.3 is 14.8 Å². The third-order valence-electron chi connectivity index (χ3n) is 7.17. The number of hydrogen-bond donors (Lipinski definition) is 1. The zero-order valence-electron chi connectivity index (χ0n) is 17.7. The lowest BCUT2D eigenvalue weighted by molar-refractivity contribution is -0.154. The summed E-state index contributed by atoms with van der Waals surface area (Å²) in [5.41, 5.74) is 0.777. The summed E-state index contributed by atoms with van der Waals surface area (Å²) in [6, 6.07) is 16.6. The molecule has 0 saturated heterocycles. The molecule has 5 nitrogen and oxygen atoms in total. The van der Waals surface area contributed by atoms with Crippen molar-refractivity contribution in [3.05, 3.63) is 54.6 Å². The molecule has 0 radical (unpaired) electrons. The molecule has 0 aromatic heterocycles. The van der Waals surface area contributed by atoms with Crippen molar-refractivity contribution in [1.29, 1.82) is 0 Å². The van der Waals surface area contributed by atoms with Gasteiger partial charge in [0.05, 0.1) is 6.42 Å². The van der Waals surface area contributed by atoms with E-state index in [-0.39, 0.29) is 23.9 Å². The van der Waals surface area contributed by atoms with E-state index in [9.17, 15) is 9.59 Å². The minimum atomic E-state index is -0.324. The van der Waals surface area contributed by atoms with Crippen LogP contribution in [0.15, 0.2) is 54.6 Å². The van der Waals surface area contributed by atoms with Gasteiger partial charge in [0.1, 0.15) is 11.5 Å². The van der Waals surface area contributed by atoms with Crippen LogP contribution in [-0.4, -0.2) is 18.5 Å². The Morgan fingerprint density at radius 1 is 0.839 bits per heavy atom. The molecular formula is C26H29NO4. The van der Waals surface area contributed by atoms with Crippen LogP contribution in [0.2, 0.25) is 0 Å². The zero-order valence-corrected chi connectivity index (χ0v) is 17.7. The summed E-state index contributed by atoms with van der Waals surface area (Å²) in [5.74, 6) is 3.29. The number of carbonyl (C=O) groups is 2. The Kier molecular flexibility index (Phi) is 5.43. The van der Waals surface area contributed by atoms with Gasteiger partial charge in [-0.05, 0) is 98.1 Å². The first-order chi connectivity index (χ1) is 15.1. The molecule has 4 saturated carbocycles. The maximum Gasteiger partial charge on any atom is 0.306 e. The maximum atomic E-state index is 12.5. The average molecular weight is 420 g/mol. The highest BCUT2D eigenvalue weighted by Crippen LogP contribution is 2.61. The second kappa shape index (κ2) is 8.37. The monoisotopic (exact) mass is 419 g/mol. The van der Waals surface area contributed by atoms with Crippen molar-refractivity contribution in [2.24, 2.45) is 23.2 Å². The molecular weight excluding hydrogens is 390 g/mol. The van der Waals surface area contributed by atoms with Gasteiger partial charge in [-0.3, -0.25) is 9.59 Å². The molecule has 31 heavy (non-hydrogen) atoms. The molecule has 6 rings (SSSR count). The fraction of sp³-hybridized carbons (Fsp3) is 0.462. The smallest absolute Gasteiger partial charge is 0.306 e. The van der Waals surface area contributed by atoms with Crippen LogP contribution in [0.25, 0.3) is 0 Å². The molecule has 2 aromatic carbocycles. The van der Waals surface area contributed by atoms with Gasteiger partial charge in [0.15, 0.2) is 6.61 Å². The Hall–Kier alpha value is -2.82. The summed E-state index contributed by atoms with van der Waals surface area (Å²) in [6.45, 7) is -0.243. The second-order valence-corrected chi connectivity index (χ2v) is 9.74. The van der Waals surface area contributed by atoms with Gasteiger partial charge in [0.25, 0.3) is 5.91 Å². The molecule has 5 heteroatoms. The molecule has 0 heterocycles. The van der Waals surface area contributed by atoms with Crippen LogP contribution < -0.4 is 10.1 Å². The molecule has 4 aliphatic rings.